The Kier molecular flexibility index (Phi) is 11.4. The Morgan fingerprint density at radius 2 is 1.49 bits per heavy atom. The van der Waals surface area contributed by atoms with E-state index in [4.69, 9.17) is 24.2 Å². The van der Waals surface area contributed by atoms with Crippen molar-refractivity contribution in [2.45, 2.75) is 89.8 Å². The molecule has 3 aromatic carbocycles. The van der Waals surface area contributed by atoms with Crippen LogP contribution in [-0.4, -0.2) is 97.2 Å². The van der Waals surface area contributed by atoms with Crippen LogP contribution in [-0.2, 0) is 19.1 Å². The number of aromatic nitrogens is 5. The van der Waals surface area contributed by atoms with Gasteiger partial charge in [-0.2, -0.15) is 0 Å². The van der Waals surface area contributed by atoms with Gasteiger partial charge in [-0.25, -0.2) is 23.9 Å². The molecule has 2 saturated heterocycles. The lowest BCUT2D eigenvalue weighted by molar-refractivity contribution is -0.137. The lowest BCUT2D eigenvalue weighted by atomic mass is 10.0. The molecule has 4 amide bonds. The summed E-state index contributed by atoms with van der Waals surface area (Å²) in [6.07, 6.45) is 4.65. The Labute approximate surface area is 406 Å². The molecule has 4 aliphatic rings. The summed E-state index contributed by atoms with van der Waals surface area (Å²) >= 11 is 1.63. The number of piperidine rings is 1. The van der Waals surface area contributed by atoms with Gasteiger partial charge >= 0.3 is 12.2 Å². The summed E-state index contributed by atoms with van der Waals surface area (Å²) in [5.74, 6) is 0.858. The summed E-state index contributed by atoms with van der Waals surface area (Å²) < 4.78 is 36.7. The minimum absolute atomic E-state index is 0.102. The summed E-state index contributed by atoms with van der Waals surface area (Å²) in [7, 11) is 2.56. The molecular formula is C52H54FN9O7S. The van der Waals surface area contributed by atoms with Gasteiger partial charge in [0.25, 0.3) is 0 Å². The van der Waals surface area contributed by atoms with E-state index < -0.39 is 36.3 Å². The van der Waals surface area contributed by atoms with Gasteiger partial charge in [-0.05, 0) is 91.3 Å². The standard InChI is InChI=1S/C52H54FN9O7S/c1-25(2)44(58-51(65)67-5)48(63)60-15-9-11-36(60)46-54-24-34(57-46)29-17-32(53)43-38-19-30-16-27(13-14-35(30)62(38)50(69-40(43)21-29)42-22-28-10-7-8-12-41(28)70-42)33-23-55-47(56-33)39-20-31-18-37(31)61(39)49(64)45(26(3)4)59-52(66)68-6/h7-8,10,12-14,16-17,19,21-26,31,36-37,39,44-45,50H,9,11,15,18,20H2,1-6H3,(H,54,57)(H,55,56)(H,58,65)(H,59,66)/t31-,36+,37-,39+,44+,45+,50?/m1/s1. The molecule has 7 aromatic rings. The molecular weight excluding hydrogens is 914 g/mol. The maximum atomic E-state index is 17.0. The van der Waals surface area contributed by atoms with Crippen molar-refractivity contribution in [3.05, 3.63) is 101 Å². The molecule has 1 aliphatic carbocycles. The first-order valence-corrected chi connectivity index (χ1v) is 24.7. The molecule has 0 spiro atoms. The molecule has 1 unspecified atom stereocenters. The number of likely N-dealkylation sites (tertiary alicyclic amines) is 2. The minimum Gasteiger partial charge on any atom is -0.464 e. The smallest absolute Gasteiger partial charge is 0.407 e. The number of benzene rings is 3. The second-order valence-electron chi connectivity index (χ2n) is 19.5. The maximum Gasteiger partial charge on any atom is 0.407 e. The van der Waals surface area contributed by atoms with Crippen LogP contribution in [0.1, 0.15) is 88.2 Å². The molecule has 4 N–H and O–H groups in total. The number of hydrogen-bond acceptors (Lipinski definition) is 10. The average molecular weight is 968 g/mol. The predicted molar refractivity (Wildman–Crippen MR) is 261 cm³/mol. The van der Waals surface area contributed by atoms with Crippen molar-refractivity contribution in [1.29, 1.82) is 0 Å². The molecule has 0 bridgehead atoms. The van der Waals surface area contributed by atoms with Gasteiger partial charge in [0, 0.05) is 33.8 Å². The number of imidazole rings is 2. The number of carbonyl (C=O) groups is 4. The molecule has 3 aliphatic heterocycles. The second-order valence-corrected chi connectivity index (χ2v) is 20.6. The van der Waals surface area contributed by atoms with Crippen LogP contribution < -0.4 is 15.4 Å². The van der Waals surface area contributed by atoms with Crippen LogP contribution in [0.5, 0.6) is 5.75 Å². The molecule has 7 atom stereocenters. The van der Waals surface area contributed by atoms with Gasteiger partial charge < -0.3 is 44.6 Å². The van der Waals surface area contributed by atoms with Gasteiger partial charge in [0.1, 0.15) is 35.3 Å². The third kappa shape index (κ3) is 7.81. The third-order valence-electron chi connectivity index (χ3n) is 14.4. The molecule has 7 heterocycles. The van der Waals surface area contributed by atoms with Gasteiger partial charge in [-0.3, -0.25) is 14.2 Å². The SMILES string of the molecule is COC(=O)N[C@H](C(=O)N1CCC[C@H]1c1ncc(-c2cc(F)c3c(c2)OC(c2cc4ccccc4s2)n2c-3cc3cc(-c4cnc([C@@H]5C[C@H]6C[C@H]6N5C(=O)[C@@H](NC(=O)OC)C(C)C)[nH]4)ccc32)[nH]1)C(C)C. The molecule has 18 heteroatoms. The lowest BCUT2D eigenvalue weighted by Gasteiger charge is -2.31. The van der Waals surface area contributed by atoms with E-state index in [0.717, 1.165) is 56.4 Å². The number of hydrogen-bond donors (Lipinski definition) is 4. The fourth-order valence-electron chi connectivity index (χ4n) is 10.8. The number of halogens is 1. The number of carbonyl (C=O) groups excluding carboxylic acids is 4. The topological polar surface area (TPSA) is 189 Å². The monoisotopic (exact) mass is 967 g/mol. The Balaban J connectivity index is 0.923. The fourth-order valence-corrected chi connectivity index (χ4v) is 11.9. The Morgan fingerprint density at radius 3 is 2.19 bits per heavy atom. The first-order valence-electron chi connectivity index (χ1n) is 23.9. The van der Waals surface area contributed by atoms with E-state index >= 15 is 4.39 Å². The van der Waals surface area contributed by atoms with Crippen LogP contribution in [0.4, 0.5) is 14.0 Å². The second kappa shape index (κ2) is 17.6. The number of rotatable bonds is 11. The predicted octanol–water partition coefficient (Wildman–Crippen LogP) is 9.47. The molecule has 3 fully saturated rings. The van der Waals surface area contributed by atoms with E-state index in [1.807, 2.05) is 69.0 Å². The molecule has 1 saturated carbocycles. The van der Waals surface area contributed by atoms with Crippen molar-refractivity contribution in [3.63, 3.8) is 0 Å². The maximum absolute atomic E-state index is 17.0. The van der Waals surface area contributed by atoms with Gasteiger partial charge in [-0.15, -0.1) is 11.3 Å². The van der Waals surface area contributed by atoms with Gasteiger partial charge in [0.2, 0.25) is 18.0 Å². The first kappa shape index (κ1) is 45.2. The van der Waals surface area contributed by atoms with Gasteiger partial charge in [0.05, 0.1) is 71.7 Å². The lowest BCUT2D eigenvalue weighted by Crippen LogP contribution is -2.52. The van der Waals surface area contributed by atoms with E-state index in [1.165, 1.54) is 20.3 Å². The number of nitrogens with zero attached hydrogens (tertiary/aromatic N) is 5. The average Bonchev–Trinajstić information content (AvgIpc) is 4.10. The highest BCUT2D eigenvalue weighted by atomic mass is 32.1. The van der Waals surface area contributed by atoms with Crippen molar-refractivity contribution in [1.82, 2.24) is 44.9 Å². The quantitative estimate of drug-likeness (QED) is 0.0979. The number of amides is 4. The van der Waals surface area contributed by atoms with Crippen molar-refractivity contribution in [2.75, 3.05) is 20.8 Å². The van der Waals surface area contributed by atoms with E-state index in [0.29, 0.717) is 58.8 Å². The Morgan fingerprint density at radius 1 is 0.800 bits per heavy atom. The zero-order valence-corrected chi connectivity index (χ0v) is 40.4. The number of aromatic amines is 2. The van der Waals surface area contributed by atoms with E-state index in [-0.39, 0.29) is 41.8 Å². The number of methoxy groups -OCH3 is 2. The number of fused-ring (bicyclic) bond motifs is 7. The zero-order chi connectivity index (χ0) is 48.7. The Bertz CT molecular complexity index is 3180. The minimum atomic E-state index is -0.774. The van der Waals surface area contributed by atoms with Crippen LogP contribution >= 0.6 is 11.3 Å². The van der Waals surface area contributed by atoms with Crippen molar-refractivity contribution < 1.29 is 37.8 Å². The van der Waals surface area contributed by atoms with Crippen molar-refractivity contribution in [3.8, 4) is 39.5 Å². The van der Waals surface area contributed by atoms with E-state index in [9.17, 15) is 19.2 Å². The number of H-pyrrole nitrogens is 2. The normalized spacial score (nSPS) is 21.1. The molecule has 4 aromatic heterocycles. The third-order valence-corrected chi connectivity index (χ3v) is 15.6. The largest absolute Gasteiger partial charge is 0.464 e. The van der Waals surface area contributed by atoms with Crippen LogP contribution in [0.25, 0.3) is 54.8 Å². The Hall–Kier alpha value is -7.21. The number of thiophene rings is 1. The molecule has 16 nitrogen and oxygen atoms in total. The summed E-state index contributed by atoms with van der Waals surface area (Å²) in [5, 5.41) is 7.39. The molecule has 0 radical (unpaired) electrons. The highest BCUT2D eigenvalue weighted by molar-refractivity contribution is 7.19. The van der Waals surface area contributed by atoms with E-state index in [2.05, 4.69) is 49.4 Å². The summed E-state index contributed by atoms with van der Waals surface area (Å²) in [6, 6.07) is 19.7. The van der Waals surface area contributed by atoms with Crippen LogP contribution in [0.15, 0.2) is 79.1 Å². The summed E-state index contributed by atoms with van der Waals surface area (Å²) in [6.45, 7) is 8.06. The number of nitrogens with one attached hydrogen (secondary N) is 4. The van der Waals surface area contributed by atoms with Crippen LogP contribution in [0.2, 0.25) is 0 Å². The summed E-state index contributed by atoms with van der Waals surface area (Å²) in [4.78, 5) is 73.3. The number of ether oxygens (including phenoxy) is 3. The molecule has 70 heavy (non-hydrogen) atoms. The summed E-state index contributed by atoms with van der Waals surface area (Å²) in [5.41, 5.74) is 4.60. The number of alkyl carbamates (subject to hydrolysis) is 2. The van der Waals surface area contributed by atoms with Crippen molar-refractivity contribution in [2.24, 2.45) is 17.8 Å². The molecule has 362 valence electrons. The van der Waals surface area contributed by atoms with Gasteiger partial charge in [-0.1, -0.05) is 52.0 Å². The fraction of sp³-hybridized carbons (Fsp3) is 0.385. The van der Waals surface area contributed by atoms with E-state index in [1.54, 1.807) is 28.6 Å². The van der Waals surface area contributed by atoms with Gasteiger partial charge in [0.15, 0.2) is 0 Å². The zero-order valence-electron chi connectivity index (χ0n) is 39.6. The molecule has 11 rings (SSSR count). The highest BCUT2D eigenvalue weighted by Gasteiger charge is 2.56. The first-order chi connectivity index (χ1) is 33.8. The van der Waals surface area contributed by atoms with Crippen LogP contribution in [0.3, 0.4) is 0 Å². The van der Waals surface area contributed by atoms with Crippen molar-refractivity contribution >= 4 is 56.3 Å². The van der Waals surface area contributed by atoms with Crippen LogP contribution in [0, 0.1) is 23.6 Å². The highest BCUT2D eigenvalue weighted by Crippen LogP contribution is 2.54.